The van der Waals surface area contributed by atoms with Crippen molar-refractivity contribution in [1.82, 2.24) is 10.2 Å². The zero-order valence-corrected chi connectivity index (χ0v) is 11.5. The van der Waals surface area contributed by atoms with Crippen molar-refractivity contribution < 1.29 is 9.59 Å². The zero-order chi connectivity index (χ0) is 14.1. The molecule has 2 aliphatic heterocycles. The molecule has 6 heteroatoms. The van der Waals surface area contributed by atoms with Gasteiger partial charge >= 0.3 is 0 Å². The van der Waals surface area contributed by atoms with Crippen LogP contribution in [0.2, 0.25) is 0 Å². The molecule has 3 atom stereocenters. The monoisotopic (exact) mass is 289 g/mol. The fourth-order valence-corrected chi connectivity index (χ4v) is 3.43. The molecule has 3 rings (SSSR count). The number of nitrogens with zero attached hydrogens (tertiary/aromatic N) is 1. The Morgan fingerprint density at radius 1 is 1.40 bits per heavy atom. The minimum absolute atomic E-state index is 0.000534. The average molecular weight is 289 g/mol. The van der Waals surface area contributed by atoms with Gasteiger partial charge in [0, 0.05) is 12.0 Å². The van der Waals surface area contributed by atoms with Gasteiger partial charge < -0.3 is 16.0 Å². The predicted octanol–water partition coefficient (Wildman–Crippen LogP) is 0.600. The number of β-lactam (4-membered cyclic amide) rings is 1. The van der Waals surface area contributed by atoms with Crippen molar-refractivity contribution in [1.29, 1.82) is 0 Å². The lowest BCUT2D eigenvalue weighted by Crippen LogP contribution is -2.68. The molecule has 0 aliphatic carbocycles. The van der Waals surface area contributed by atoms with E-state index in [2.05, 4.69) is 5.32 Å². The van der Waals surface area contributed by atoms with Crippen molar-refractivity contribution in [3.63, 3.8) is 0 Å². The summed E-state index contributed by atoms with van der Waals surface area (Å²) in [5, 5.41) is 2.75. The van der Waals surface area contributed by atoms with Gasteiger partial charge in [-0.3, -0.25) is 9.59 Å². The summed E-state index contributed by atoms with van der Waals surface area (Å²) in [6.45, 7) is 0. The van der Waals surface area contributed by atoms with Crippen LogP contribution in [0.4, 0.5) is 0 Å². The molecule has 104 valence electrons. The molecule has 1 aromatic carbocycles. The minimum atomic E-state index is -0.748. The summed E-state index contributed by atoms with van der Waals surface area (Å²) in [5.41, 5.74) is 6.66. The number of nitrogens with one attached hydrogen (secondary N) is 1. The fourth-order valence-electron chi connectivity index (χ4n) is 2.32. The van der Waals surface area contributed by atoms with Crippen LogP contribution in [-0.4, -0.2) is 33.9 Å². The predicted molar refractivity (Wildman–Crippen MR) is 77.5 cm³/mol. The van der Waals surface area contributed by atoms with E-state index in [1.165, 1.54) is 0 Å². The molecule has 0 bridgehead atoms. The minimum Gasteiger partial charge on any atom is -0.340 e. The summed E-state index contributed by atoms with van der Waals surface area (Å²) < 4.78 is 0. The molecule has 0 spiro atoms. The van der Waals surface area contributed by atoms with Crippen molar-refractivity contribution in [2.45, 2.75) is 17.5 Å². The Morgan fingerprint density at radius 2 is 2.15 bits per heavy atom. The number of carbonyl (C=O) groups is 2. The molecule has 1 fully saturated rings. The van der Waals surface area contributed by atoms with Gasteiger partial charge in [-0.1, -0.05) is 36.4 Å². The number of carbonyl (C=O) groups excluding carboxylic acids is 2. The second-order valence-electron chi connectivity index (χ2n) is 4.73. The Bertz CT molecular complexity index is 561. The van der Waals surface area contributed by atoms with Crippen LogP contribution >= 0.6 is 11.8 Å². The number of fused-ring (bicyclic) bond motifs is 1. The van der Waals surface area contributed by atoms with Gasteiger partial charge in [-0.2, -0.15) is 0 Å². The van der Waals surface area contributed by atoms with Gasteiger partial charge in [0.25, 0.3) is 5.91 Å². The summed E-state index contributed by atoms with van der Waals surface area (Å²) in [6.07, 6.45) is 3.72. The summed E-state index contributed by atoms with van der Waals surface area (Å²) >= 11 is 1.64. The van der Waals surface area contributed by atoms with Crippen molar-refractivity contribution >= 4 is 23.6 Å². The highest BCUT2D eigenvalue weighted by molar-refractivity contribution is 8.00. The molecule has 2 heterocycles. The van der Waals surface area contributed by atoms with Gasteiger partial charge in [0.2, 0.25) is 5.91 Å². The molecule has 5 nitrogen and oxygen atoms in total. The summed E-state index contributed by atoms with van der Waals surface area (Å²) in [4.78, 5) is 25.7. The Kier molecular flexibility index (Phi) is 3.50. The molecule has 20 heavy (non-hydrogen) atoms. The Labute approximate surface area is 121 Å². The molecule has 0 radical (unpaired) electrons. The molecular weight excluding hydrogens is 274 g/mol. The first-order valence-corrected chi connectivity index (χ1v) is 7.45. The highest BCUT2D eigenvalue weighted by Gasteiger charge is 2.48. The van der Waals surface area contributed by atoms with Crippen LogP contribution in [0.25, 0.3) is 0 Å². The van der Waals surface area contributed by atoms with E-state index in [1.807, 2.05) is 24.3 Å². The summed E-state index contributed by atoms with van der Waals surface area (Å²) in [7, 11) is 0. The van der Waals surface area contributed by atoms with Gasteiger partial charge in [-0.25, -0.2) is 0 Å². The summed E-state index contributed by atoms with van der Waals surface area (Å²) in [5.74, 6) is 0.461. The first-order chi connectivity index (χ1) is 9.68. The molecule has 2 aliphatic rings. The number of benzene rings is 1. The Morgan fingerprint density at radius 3 is 2.90 bits per heavy atom. The third-order valence-electron chi connectivity index (χ3n) is 3.45. The third-order valence-corrected chi connectivity index (χ3v) is 4.67. The van der Waals surface area contributed by atoms with Crippen molar-refractivity contribution in [3.05, 3.63) is 48.2 Å². The summed E-state index contributed by atoms with van der Waals surface area (Å²) in [6, 6.07) is 7.93. The number of hydrogen-bond acceptors (Lipinski definition) is 4. The van der Waals surface area contributed by atoms with Crippen LogP contribution in [0, 0.1) is 0 Å². The average Bonchev–Trinajstić information content (AvgIpc) is 2.52. The molecule has 1 aromatic rings. The standard InChI is InChI=1S/C14H15N3O2S/c15-10(9-5-2-1-3-6-9)12(18)16-11-13(19)17-7-4-8-20-14(11)17/h1-7,10-11,14H,8,15H2,(H,16,18)/t10?,11?,14-/m1/s1. The zero-order valence-electron chi connectivity index (χ0n) is 10.7. The topological polar surface area (TPSA) is 75.4 Å². The SMILES string of the molecule is NC(C(=O)NC1C(=O)N2C=CCS[C@H]12)c1ccccc1. The van der Waals surface area contributed by atoms with E-state index in [0.717, 1.165) is 11.3 Å². The highest BCUT2D eigenvalue weighted by Crippen LogP contribution is 2.33. The number of amides is 2. The number of nitrogens with two attached hydrogens (primary N) is 1. The second kappa shape index (κ2) is 5.30. The second-order valence-corrected chi connectivity index (χ2v) is 5.88. The molecule has 2 amide bonds. The molecule has 3 N–H and O–H groups in total. The van der Waals surface area contributed by atoms with E-state index < -0.39 is 12.1 Å². The van der Waals surface area contributed by atoms with Crippen LogP contribution < -0.4 is 11.1 Å². The van der Waals surface area contributed by atoms with Crippen LogP contribution in [0.5, 0.6) is 0 Å². The smallest absolute Gasteiger partial charge is 0.253 e. The fraction of sp³-hybridized carbons (Fsp3) is 0.286. The van der Waals surface area contributed by atoms with Gasteiger partial charge in [0.05, 0.1) is 0 Å². The van der Waals surface area contributed by atoms with Crippen molar-refractivity contribution in [2.75, 3.05) is 5.75 Å². The lowest BCUT2D eigenvalue weighted by molar-refractivity contribution is -0.145. The number of thioether (sulfide) groups is 1. The van der Waals surface area contributed by atoms with E-state index in [0.29, 0.717) is 0 Å². The van der Waals surface area contributed by atoms with E-state index in [1.54, 1.807) is 35.0 Å². The highest BCUT2D eigenvalue weighted by atomic mass is 32.2. The molecule has 0 aromatic heterocycles. The van der Waals surface area contributed by atoms with Crippen LogP contribution in [0.1, 0.15) is 11.6 Å². The maximum Gasteiger partial charge on any atom is 0.253 e. The largest absolute Gasteiger partial charge is 0.340 e. The maximum atomic E-state index is 12.1. The normalized spacial score (nSPS) is 25.6. The molecule has 0 saturated carbocycles. The van der Waals surface area contributed by atoms with Crippen molar-refractivity contribution in [3.8, 4) is 0 Å². The van der Waals surface area contributed by atoms with Gasteiger partial charge in [-0.15, -0.1) is 11.8 Å². The van der Waals surface area contributed by atoms with Crippen molar-refractivity contribution in [2.24, 2.45) is 5.73 Å². The van der Waals surface area contributed by atoms with Crippen LogP contribution in [0.3, 0.4) is 0 Å². The first kappa shape index (κ1) is 13.2. The van der Waals surface area contributed by atoms with Gasteiger partial charge in [0.15, 0.2) is 0 Å². The third kappa shape index (κ3) is 2.21. The van der Waals surface area contributed by atoms with Crippen LogP contribution in [0.15, 0.2) is 42.6 Å². The molecular formula is C14H15N3O2S. The van der Waals surface area contributed by atoms with E-state index >= 15 is 0 Å². The molecule has 2 unspecified atom stereocenters. The van der Waals surface area contributed by atoms with Gasteiger partial charge in [-0.05, 0) is 5.56 Å². The number of rotatable bonds is 3. The van der Waals surface area contributed by atoms with E-state index in [-0.39, 0.29) is 17.2 Å². The number of hydrogen-bond donors (Lipinski definition) is 2. The van der Waals surface area contributed by atoms with Crippen LogP contribution in [-0.2, 0) is 9.59 Å². The molecule has 1 saturated heterocycles. The lowest BCUT2D eigenvalue weighted by Gasteiger charge is -2.46. The Hall–Kier alpha value is -1.79. The van der Waals surface area contributed by atoms with Gasteiger partial charge in [0.1, 0.15) is 17.5 Å². The van der Waals surface area contributed by atoms with E-state index in [4.69, 9.17) is 5.73 Å². The Balaban J connectivity index is 1.65. The van der Waals surface area contributed by atoms with E-state index in [9.17, 15) is 9.59 Å². The maximum absolute atomic E-state index is 12.1. The lowest BCUT2D eigenvalue weighted by atomic mass is 10.0. The first-order valence-electron chi connectivity index (χ1n) is 6.40. The quantitative estimate of drug-likeness (QED) is 0.799.